The van der Waals surface area contributed by atoms with Gasteiger partial charge in [0.15, 0.2) is 0 Å². The summed E-state index contributed by atoms with van der Waals surface area (Å²) in [6, 6.07) is 16.7. The van der Waals surface area contributed by atoms with Crippen LogP contribution >= 0.6 is 0 Å². The molecule has 0 radical (unpaired) electrons. The number of rotatable bonds is 1. The van der Waals surface area contributed by atoms with Crippen molar-refractivity contribution in [2.45, 2.75) is 13.0 Å². The molecule has 0 aromatic heterocycles. The van der Waals surface area contributed by atoms with Gasteiger partial charge in [-0.1, -0.05) is 48.5 Å². The Morgan fingerprint density at radius 1 is 0.944 bits per heavy atom. The number of hydrogen-bond acceptors (Lipinski definition) is 1. The quantitative estimate of drug-likeness (QED) is 0.747. The van der Waals surface area contributed by atoms with Crippen LogP contribution in [-0.4, -0.2) is 17.9 Å². The maximum Gasteiger partial charge on any atom is 0.227 e. The first-order valence-corrected chi connectivity index (χ1v) is 6.15. The Labute approximate surface area is 107 Å². The molecule has 0 unspecified atom stereocenters. The zero-order valence-corrected chi connectivity index (χ0v) is 10.4. The highest BCUT2D eigenvalue weighted by molar-refractivity contribution is 5.81. The van der Waals surface area contributed by atoms with Crippen LogP contribution in [0.4, 0.5) is 0 Å². The molecule has 2 heteroatoms. The van der Waals surface area contributed by atoms with Crippen LogP contribution in [0.25, 0.3) is 11.1 Å². The molecule has 0 fully saturated rings. The van der Waals surface area contributed by atoms with Crippen molar-refractivity contribution in [3.8, 4) is 11.1 Å². The van der Waals surface area contributed by atoms with E-state index >= 15 is 0 Å². The van der Waals surface area contributed by atoms with Gasteiger partial charge in [-0.3, -0.25) is 4.79 Å². The first-order chi connectivity index (χ1) is 8.74. The van der Waals surface area contributed by atoms with E-state index in [9.17, 15) is 4.79 Å². The average molecular weight is 237 g/mol. The molecule has 18 heavy (non-hydrogen) atoms. The summed E-state index contributed by atoms with van der Waals surface area (Å²) in [6.45, 7) is 0.725. The number of nitrogens with zero attached hydrogens (tertiary/aromatic N) is 1. The van der Waals surface area contributed by atoms with Gasteiger partial charge >= 0.3 is 0 Å². The summed E-state index contributed by atoms with van der Waals surface area (Å²) >= 11 is 0. The third kappa shape index (κ3) is 1.90. The fraction of sp³-hybridized carbons (Fsp3) is 0.188. The standard InChI is InChI=1S/C16H15NO/c1-17-11-14-8-7-13(9-15(14)10-16(17)18)12-5-3-2-4-6-12/h2-9H,10-11H2,1H3. The van der Waals surface area contributed by atoms with Gasteiger partial charge in [0, 0.05) is 13.6 Å². The third-order valence-corrected chi connectivity index (χ3v) is 3.49. The minimum atomic E-state index is 0.202. The second-order valence-corrected chi connectivity index (χ2v) is 4.78. The molecule has 0 N–H and O–H groups in total. The van der Waals surface area contributed by atoms with Crippen molar-refractivity contribution < 1.29 is 4.79 Å². The topological polar surface area (TPSA) is 20.3 Å². The minimum Gasteiger partial charge on any atom is -0.341 e. The van der Waals surface area contributed by atoms with Crippen molar-refractivity contribution in [3.63, 3.8) is 0 Å². The van der Waals surface area contributed by atoms with Crippen LogP contribution in [0, 0.1) is 0 Å². The van der Waals surface area contributed by atoms with Crippen LogP contribution in [0.15, 0.2) is 48.5 Å². The summed E-state index contributed by atoms with van der Waals surface area (Å²) in [4.78, 5) is 13.5. The number of likely N-dealkylation sites (N-methyl/N-ethyl adjacent to an activating group) is 1. The van der Waals surface area contributed by atoms with E-state index in [0.717, 1.165) is 6.54 Å². The number of carbonyl (C=O) groups excluding carboxylic acids is 1. The third-order valence-electron chi connectivity index (χ3n) is 3.49. The SMILES string of the molecule is CN1Cc2ccc(-c3ccccc3)cc2CC1=O. The predicted octanol–water partition coefficient (Wildman–Crippen LogP) is 2.87. The van der Waals surface area contributed by atoms with Gasteiger partial charge in [-0.15, -0.1) is 0 Å². The largest absolute Gasteiger partial charge is 0.341 e. The van der Waals surface area contributed by atoms with E-state index in [-0.39, 0.29) is 5.91 Å². The van der Waals surface area contributed by atoms with Gasteiger partial charge in [0.1, 0.15) is 0 Å². The highest BCUT2D eigenvalue weighted by Crippen LogP contribution is 2.26. The van der Waals surface area contributed by atoms with Crippen LogP contribution in [0.2, 0.25) is 0 Å². The molecule has 2 aromatic rings. The van der Waals surface area contributed by atoms with Gasteiger partial charge in [-0.25, -0.2) is 0 Å². The van der Waals surface area contributed by atoms with Gasteiger partial charge in [-0.05, 0) is 22.3 Å². The predicted molar refractivity (Wildman–Crippen MR) is 72.1 cm³/mol. The molecular weight excluding hydrogens is 222 g/mol. The molecule has 0 bridgehead atoms. The fourth-order valence-electron chi connectivity index (χ4n) is 2.40. The van der Waals surface area contributed by atoms with Crippen molar-refractivity contribution in [1.82, 2.24) is 4.90 Å². The maximum atomic E-state index is 11.7. The molecule has 1 aliphatic heterocycles. The molecule has 1 heterocycles. The van der Waals surface area contributed by atoms with E-state index < -0.39 is 0 Å². The zero-order chi connectivity index (χ0) is 12.5. The second-order valence-electron chi connectivity index (χ2n) is 4.78. The highest BCUT2D eigenvalue weighted by Gasteiger charge is 2.19. The molecule has 90 valence electrons. The Morgan fingerprint density at radius 3 is 2.50 bits per heavy atom. The summed E-state index contributed by atoms with van der Waals surface area (Å²) in [5.74, 6) is 0.202. The molecule has 0 saturated heterocycles. The molecule has 0 aliphatic carbocycles. The maximum absolute atomic E-state index is 11.7. The van der Waals surface area contributed by atoms with Gasteiger partial charge in [0.2, 0.25) is 5.91 Å². The van der Waals surface area contributed by atoms with Gasteiger partial charge in [-0.2, -0.15) is 0 Å². The Bertz CT molecular complexity index is 589. The Balaban J connectivity index is 2.02. The smallest absolute Gasteiger partial charge is 0.227 e. The Morgan fingerprint density at radius 2 is 1.72 bits per heavy atom. The second kappa shape index (κ2) is 4.30. The molecule has 0 spiro atoms. The van der Waals surface area contributed by atoms with Crippen molar-refractivity contribution in [1.29, 1.82) is 0 Å². The summed E-state index contributed by atoms with van der Waals surface area (Å²) < 4.78 is 0. The molecule has 3 rings (SSSR count). The van der Waals surface area contributed by atoms with E-state index in [1.807, 2.05) is 25.2 Å². The molecular formula is C16H15NO. The summed E-state index contributed by atoms with van der Waals surface area (Å²) in [6.07, 6.45) is 0.520. The van der Waals surface area contributed by atoms with Crippen molar-refractivity contribution in [3.05, 3.63) is 59.7 Å². The highest BCUT2D eigenvalue weighted by atomic mass is 16.2. The van der Waals surface area contributed by atoms with E-state index in [0.29, 0.717) is 6.42 Å². The van der Waals surface area contributed by atoms with Crippen LogP contribution in [0.5, 0.6) is 0 Å². The first-order valence-electron chi connectivity index (χ1n) is 6.15. The lowest BCUT2D eigenvalue weighted by molar-refractivity contribution is -0.130. The Hall–Kier alpha value is -2.09. The number of carbonyl (C=O) groups is 1. The lowest BCUT2D eigenvalue weighted by Gasteiger charge is -2.25. The summed E-state index contributed by atoms with van der Waals surface area (Å²) in [5.41, 5.74) is 4.81. The molecule has 1 amide bonds. The van der Waals surface area contributed by atoms with Crippen LogP contribution in [0.3, 0.4) is 0 Å². The van der Waals surface area contributed by atoms with E-state index in [2.05, 4.69) is 30.3 Å². The van der Waals surface area contributed by atoms with Crippen LogP contribution in [0.1, 0.15) is 11.1 Å². The van der Waals surface area contributed by atoms with Crippen LogP contribution < -0.4 is 0 Å². The van der Waals surface area contributed by atoms with E-state index in [1.54, 1.807) is 4.90 Å². The number of benzene rings is 2. The molecule has 2 nitrogen and oxygen atoms in total. The van der Waals surface area contributed by atoms with E-state index in [4.69, 9.17) is 0 Å². The summed E-state index contributed by atoms with van der Waals surface area (Å²) in [5, 5.41) is 0. The number of fused-ring (bicyclic) bond motifs is 1. The minimum absolute atomic E-state index is 0.202. The first kappa shape index (κ1) is 11.0. The Kier molecular flexibility index (Phi) is 2.63. The van der Waals surface area contributed by atoms with Crippen molar-refractivity contribution >= 4 is 5.91 Å². The lowest BCUT2D eigenvalue weighted by Crippen LogP contribution is -2.32. The molecule has 1 aliphatic rings. The van der Waals surface area contributed by atoms with Crippen LogP contribution in [-0.2, 0) is 17.8 Å². The van der Waals surface area contributed by atoms with Crippen molar-refractivity contribution in [2.75, 3.05) is 7.05 Å². The average Bonchev–Trinajstić information content (AvgIpc) is 2.41. The van der Waals surface area contributed by atoms with E-state index in [1.165, 1.54) is 22.3 Å². The summed E-state index contributed by atoms with van der Waals surface area (Å²) in [7, 11) is 1.86. The normalized spacial score (nSPS) is 14.5. The lowest BCUT2D eigenvalue weighted by atomic mass is 9.94. The molecule has 0 atom stereocenters. The van der Waals surface area contributed by atoms with Gasteiger partial charge < -0.3 is 4.90 Å². The van der Waals surface area contributed by atoms with Gasteiger partial charge in [0.25, 0.3) is 0 Å². The fourth-order valence-corrected chi connectivity index (χ4v) is 2.40. The zero-order valence-electron chi connectivity index (χ0n) is 10.4. The molecule has 0 saturated carbocycles. The van der Waals surface area contributed by atoms with Gasteiger partial charge in [0.05, 0.1) is 6.42 Å². The monoisotopic (exact) mass is 237 g/mol. The van der Waals surface area contributed by atoms with Crippen molar-refractivity contribution in [2.24, 2.45) is 0 Å². The molecule has 2 aromatic carbocycles. The number of amides is 1. The number of hydrogen-bond donors (Lipinski definition) is 0.